The number of hydrogen-bond acceptors (Lipinski definition) is 7. The van der Waals surface area contributed by atoms with Gasteiger partial charge in [0.1, 0.15) is 5.75 Å². The Hall–Kier alpha value is -2.55. The molecule has 1 aliphatic heterocycles. The predicted molar refractivity (Wildman–Crippen MR) is 99.7 cm³/mol. The number of aryl methyl sites for hydroxylation is 3. The van der Waals surface area contributed by atoms with Gasteiger partial charge in [-0.05, 0) is 31.9 Å². The number of ether oxygens (including phenoxy) is 2. The van der Waals surface area contributed by atoms with Gasteiger partial charge in [-0.2, -0.15) is 0 Å². The molecule has 1 fully saturated rings. The van der Waals surface area contributed by atoms with E-state index in [2.05, 4.69) is 5.32 Å². The first-order valence-corrected chi connectivity index (χ1v) is 9.36. The van der Waals surface area contributed by atoms with Gasteiger partial charge in [0.2, 0.25) is 5.91 Å². The molecule has 1 saturated heterocycles. The second-order valence-corrected chi connectivity index (χ2v) is 7.05. The van der Waals surface area contributed by atoms with Crippen molar-refractivity contribution in [1.82, 2.24) is 10.2 Å². The van der Waals surface area contributed by atoms with Crippen molar-refractivity contribution >= 4 is 34.8 Å². The summed E-state index contributed by atoms with van der Waals surface area (Å²) in [5.74, 6) is -0.697. The molecule has 0 unspecified atom stereocenters. The molecule has 0 radical (unpaired) electrons. The molecule has 3 amide bonds. The van der Waals surface area contributed by atoms with Crippen molar-refractivity contribution in [2.75, 3.05) is 32.1 Å². The first-order valence-electron chi connectivity index (χ1n) is 8.38. The van der Waals surface area contributed by atoms with Gasteiger partial charge in [0.05, 0.1) is 5.75 Å². The van der Waals surface area contributed by atoms with Crippen molar-refractivity contribution < 1.29 is 28.7 Å². The van der Waals surface area contributed by atoms with Crippen molar-refractivity contribution in [3.63, 3.8) is 0 Å². The maximum atomic E-state index is 11.8. The normalized spacial score (nSPS) is 13.7. The summed E-state index contributed by atoms with van der Waals surface area (Å²) >= 11 is 0.934. The highest BCUT2D eigenvalue weighted by Crippen LogP contribution is 2.24. The van der Waals surface area contributed by atoms with Crippen molar-refractivity contribution in [3.05, 3.63) is 28.8 Å². The summed E-state index contributed by atoms with van der Waals surface area (Å²) in [4.78, 5) is 47.3. The highest BCUT2D eigenvalue weighted by Gasteiger charge is 2.29. The number of carbonyl (C=O) groups excluding carboxylic acids is 4. The number of esters is 1. The third-order valence-corrected chi connectivity index (χ3v) is 4.66. The van der Waals surface area contributed by atoms with E-state index in [0.717, 1.165) is 33.4 Å². The molecule has 1 aromatic carbocycles. The van der Waals surface area contributed by atoms with Crippen LogP contribution in [0.15, 0.2) is 12.1 Å². The lowest BCUT2D eigenvalue weighted by Crippen LogP contribution is -2.39. The van der Waals surface area contributed by atoms with Gasteiger partial charge in [-0.15, -0.1) is 0 Å². The van der Waals surface area contributed by atoms with Crippen molar-refractivity contribution in [2.45, 2.75) is 20.8 Å². The molecule has 9 heteroatoms. The number of amides is 3. The summed E-state index contributed by atoms with van der Waals surface area (Å²) < 4.78 is 10.4. The second kappa shape index (κ2) is 9.40. The van der Waals surface area contributed by atoms with E-state index in [1.54, 1.807) is 0 Å². The maximum absolute atomic E-state index is 11.8. The largest absolute Gasteiger partial charge is 0.481 e. The molecule has 0 aliphatic carbocycles. The lowest BCUT2D eigenvalue weighted by molar-refractivity contribution is -0.150. The average Bonchev–Trinajstić information content (AvgIpc) is 2.91. The quantitative estimate of drug-likeness (QED) is 0.664. The lowest BCUT2D eigenvalue weighted by Gasteiger charge is -2.14. The van der Waals surface area contributed by atoms with E-state index in [0.29, 0.717) is 5.75 Å². The van der Waals surface area contributed by atoms with Crippen LogP contribution in [-0.2, 0) is 19.1 Å². The van der Waals surface area contributed by atoms with Crippen LogP contribution in [0.2, 0.25) is 0 Å². The Morgan fingerprint density at radius 3 is 2.41 bits per heavy atom. The van der Waals surface area contributed by atoms with Crippen LogP contribution in [0.1, 0.15) is 16.7 Å². The van der Waals surface area contributed by atoms with Gasteiger partial charge in [-0.1, -0.05) is 29.5 Å². The van der Waals surface area contributed by atoms with E-state index >= 15 is 0 Å². The Bertz CT molecular complexity index is 725. The zero-order valence-electron chi connectivity index (χ0n) is 15.5. The summed E-state index contributed by atoms with van der Waals surface area (Å²) in [6, 6.07) is 3.91. The van der Waals surface area contributed by atoms with Crippen LogP contribution in [0.4, 0.5) is 4.79 Å². The number of imide groups is 1. The maximum Gasteiger partial charge on any atom is 0.344 e. The minimum absolute atomic E-state index is 0.0967. The van der Waals surface area contributed by atoms with E-state index < -0.39 is 18.5 Å². The molecule has 1 heterocycles. The molecule has 1 aromatic rings. The highest BCUT2D eigenvalue weighted by atomic mass is 32.2. The fourth-order valence-electron chi connectivity index (χ4n) is 2.67. The Morgan fingerprint density at radius 2 is 1.81 bits per heavy atom. The fourth-order valence-corrected chi connectivity index (χ4v) is 3.42. The lowest BCUT2D eigenvalue weighted by atomic mass is 10.1. The number of thioether (sulfide) groups is 1. The smallest absolute Gasteiger partial charge is 0.344 e. The summed E-state index contributed by atoms with van der Waals surface area (Å²) in [6.07, 6.45) is 0. The molecule has 0 aromatic heterocycles. The van der Waals surface area contributed by atoms with Crippen molar-refractivity contribution in [2.24, 2.45) is 0 Å². The average molecular weight is 394 g/mol. The van der Waals surface area contributed by atoms with E-state index in [4.69, 9.17) is 9.47 Å². The Balaban J connectivity index is 1.67. The van der Waals surface area contributed by atoms with Gasteiger partial charge >= 0.3 is 5.97 Å². The summed E-state index contributed by atoms with van der Waals surface area (Å²) in [5.41, 5.74) is 2.94. The van der Waals surface area contributed by atoms with E-state index in [-0.39, 0.29) is 36.6 Å². The van der Waals surface area contributed by atoms with Gasteiger partial charge in [0.25, 0.3) is 11.1 Å². The van der Waals surface area contributed by atoms with Gasteiger partial charge < -0.3 is 14.8 Å². The zero-order chi connectivity index (χ0) is 20.0. The fraction of sp³-hybridized carbons (Fsp3) is 0.444. The molecule has 2 rings (SSSR count). The first kappa shape index (κ1) is 20.8. The molecule has 0 saturated carbocycles. The molecular weight excluding hydrogens is 372 g/mol. The molecule has 8 nitrogen and oxygen atoms in total. The SMILES string of the molecule is Cc1cc(C)c(OCC(=O)OCC(=O)NCCN2C(=O)CSC2=O)c(C)c1. The number of nitrogens with zero attached hydrogens (tertiary/aromatic N) is 1. The number of nitrogens with one attached hydrogen (secondary N) is 1. The minimum Gasteiger partial charge on any atom is -0.481 e. The van der Waals surface area contributed by atoms with Crippen LogP contribution in [-0.4, -0.2) is 60.0 Å². The zero-order valence-corrected chi connectivity index (χ0v) is 16.3. The van der Waals surface area contributed by atoms with E-state index in [1.807, 2.05) is 32.9 Å². The van der Waals surface area contributed by atoms with E-state index in [1.165, 1.54) is 0 Å². The molecule has 27 heavy (non-hydrogen) atoms. The van der Waals surface area contributed by atoms with Crippen LogP contribution in [0.3, 0.4) is 0 Å². The van der Waals surface area contributed by atoms with Crippen LogP contribution in [0, 0.1) is 20.8 Å². The third kappa shape index (κ3) is 5.99. The second-order valence-electron chi connectivity index (χ2n) is 6.13. The van der Waals surface area contributed by atoms with E-state index in [9.17, 15) is 19.2 Å². The summed E-state index contributed by atoms with van der Waals surface area (Å²) in [7, 11) is 0. The Morgan fingerprint density at radius 1 is 1.15 bits per heavy atom. The van der Waals surface area contributed by atoms with Crippen LogP contribution in [0.5, 0.6) is 5.75 Å². The number of rotatable bonds is 8. The summed E-state index contributed by atoms with van der Waals surface area (Å²) in [6.45, 7) is 5.21. The van der Waals surface area contributed by atoms with Gasteiger partial charge in [0, 0.05) is 13.1 Å². The van der Waals surface area contributed by atoms with Crippen LogP contribution in [0.25, 0.3) is 0 Å². The standard InChI is InChI=1S/C18H22N2O6S/c1-11-6-12(2)17(13(3)7-11)26-9-16(23)25-8-14(21)19-4-5-20-15(22)10-27-18(20)24/h6-7H,4-5,8-10H2,1-3H3,(H,19,21). The topological polar surface area (TPSA) is 102 Å². The van der Waals surface area contributed by atoms with Crippen LogP contribution < -0.4 is 10.1 Å². The Labute approximate surface area is 161 Å². The number of hydrogen-bond donors (Lipinski definition) is 1. The monoisotopic (exact) mass is 394 g/mol. The minimum atomic E-state index is -0.661. The summed E-state index contributed by atoms with van der Waals surface area (Å²) in [5, 5.41) is 2.17. The predicted octanol–water partition coefficient (Wildman–Crippen LogP) is 1.35. The highest BCUT2D eigenvalue weighted by molar-refractivity contribution is 8.14. The molecule has 1 aliphatic rings. The molecule has 0 bridgehead atoms. The van der Waals surface area contributed by atoms with Crippen LogP contribution >= 0.6 is 11.8 Å². The molecular formula is C18H22N2O6S. The molecule has 146 valence electrons. The van der Waals surface area contributed by atoms with Crippen molar-refractivity contribution in [3.8, 4) is 5.75 Å². The first-order chi connectivity index (χ1) is 12.8. The van der Waals surface area contributed by atoms with Gasteiger partial charge in [0.15, 0.2) is 13.2 Å². The molecule has 0 atom stereocenters. The third-order valence-electron chi connectivity index (χ3n) is 3.80. The Kier molecular flexibility index (Phi) is 7.23. The molecule has 1 N–H and O–H groups in total. The van der Waals surface area contributed by atoms with Gasteiger partial charge in [-0.3, -0.25) is 19.3 Å². The van der Waals surface area contributed by atoms with Crippen molar-refractivity contribution in [1.29, 1.82) is 0 Å². The van der Waals surface area contributed by atoms with Gasteiger partial charge in [-0.25, -0.2) is 4.79 Å². The molecule has 0 spiro atoms. The number of benzene rings is 1. The number of carbonyl (C=O) groups is 4.